The van der Waals surface area contributed by atoms with Gasteiger partial charge < -0.3 is 15.4 Å². The van der Waals surface area contributed by atoms with Gasteiger partial charge in [-0.3, -0.25) is 4.79 Å². The number of hydrogen-bond donors (Lipinski definition) is 2. The van der Waals surface area contributed by atoms with Crippen LogP contribution in [0.4, 0.5) is 5.13 Å². The van der Waals surface area contributed by atoms with E-state index in [0.29, 0.717) is 19.2 Å². The Labute approximate surface area is 139 Å². The highest BCUT2D eigenvalue weighted by Gasteiger charge is 2.21. The topological polar surface area (TPSA) is 76.1 Å². The van der Waals surface area contributed by atoms with Gasteiger partial charge in [0.1, 0.15) is 0 Å². The molecule has 1 amide bonds. The van der Waals surface area contributed by atoms with Crippen molar-refractivity contribution in [1.29, 1.82) is 0 Å². The van der Waals surface area contributed by atoms with Gasteiger partial charge in [-0.15, -0.1) is 10.2 Å². The van der Waals surface area contributed by atoms with Gasteiger partial charge in [-0.25, -0.2) is 0 Å². The number of hydrogen-bond acceptors (Lipinski definition) is 7. The second-order valence-corrected chi connectivity index (χ2v) is 7.96. The highest BCUT2D eigenvalue weighted by atomic mass is 32.2. The summed E-state index contributed by atoms with van der Waals surface area (Å²) in [4.78, 5) is 12.2. The van der Waals surface area contributed by atoms with Crippen LogP contribution in [-0.4, -0.2) is 47.7 Å². The first-order chi connectivity index (χ1) is 10.7. The van der Waals surface area contributed by atoms with Crippen LogP contribution in [0.1, 0.15) is 39.0 Å². The van der Waals surface area contributed by atoms with E-state index in [2.05, 4.69) is 20.8 Å². The summed E-state index contributed by atoms with van der Waals surface area (Å²) in [6, 6.07) is 0.352. The minimum Gasteiger partial charge on any atom is -0.383 e. The summed E-state index contributed by atoms with van der Waals surface area (Å²) in [5.41, 5.74) is 0. The number of ether oxygens (including phenoxy) is 1. The van der Waals surface area contributed by atoms with Crippen LogP contribution in [0.25, 0.3) is 0 Å². The Morgan fingerprint density at radius 2 is 2.18 bits per heavy atom. The number of nitrogens with one attached hydrogen (secondary N) is 2. The van der Waals surface area contributed by atoms with Gasteiger partial charge in [0, 0.05) is 19.7 Å². The number of anilines is 1. The number of rotatable bonds is 8. The van der Waals surface area contributed by atoms with E-state index in [9.17, 15) is 4.79 Å². The molecular weight excluding hydrogens is 320 g/mol. The lowest BCUT2D eigenvalue weighted by atomic mass is 9.95. The molecule has 1 aromatic heterocycles. The zero-order chi connectivity index (χ0) is 15.8. The Bertz CT molecular complexity index is 463. The number of aromatic nitrogens is 2. The molecule has 2 N–H and O–H groups in total. The molecule has 22 heavy (non-hydrogen) atoms. The lowest BCUT2D eigenvalue weighted by molar-refractivity contribution is -0.121. The maximum atomic E-state index is 12.2. The molecule has 1 aliphatic rings. The van der Waals surface area contributed by atoms with Crippen LogP contribution >= 0.6 is 23.1 Å². The van der Waals surface area contributed by atoms with E-state index >= 15 is 0 Å². The Balaban J connectivity index is 1.75. The quantitative estimate of drug-likeness (QED) is 0.557. The fourth-order valence-electron chi connectivity index (χ4n) is 2.36. The van der Waals surface area contributed by atoms with Crippen LogP contribution in [0, 0.1) is 0 Å². The molecule has 1 aliphatic carbocycles. The van der Waals surface area contributed by atoms with Gasteiger partial charge in [0.15, 0.2) is 4.34 Å². The summed E-state index contributed by atoms with van der Waals surface area (Å²) in [5.74, 6) is 0.0981. The number of methoxy groups -OCH3 is 1. The summed E-state index contributed by atoms with van der Waals surface area (Å²) in [6.07, 6.45) is 5.95. The first kappa shape index (κ1) is 17.5. The van der Waals surface area contributed by atoms with Crippen molar-refractivity contribution in [3.05, 3.63) is 0 Å². The van der Waals surface area contributed by atoms with E-state index in [1.54, 1.807) is 7.11 Å². The molecule has 0 spiro atoms. The van der Waals surface area contributed by atoms with Gasteiger partial charge in [0.25, 0.3) is 0 Å². The number of amides is 1. The van der Waals surface area contributed by atoms with Crippen LogP contribution in [0.15, 0.2) is 4.34 Å². The van der Waals surface area contributed by atoms with E-state index in [1.165, 1.54) is 42.4 Å². The van der Waals surface area contributed by atoms with Crippen LogP contribution in [-0.2, 0) is 9.53 Å². The van der Waals surface area contributed by atoms with E-state index in [4.69, 9.17) is 4.74 Å². The highest BCUT2D eigenvalue weighted by molar-refractivity contribution is 8.02. The molecule has 6 nitrogen and oxygen atoms in total. The number of thioether (sulfide) groups is 1. The van der Waals surface area contributed by atoms with Gasteiger partial charge >= 0.3 is 0 Å². The summed E-state index contributed by atoms with van der Waals surface area (Å²) in [5, 5.41) is 15.1. The molecule has 1 unspecified atom stereocenters. The molecule has 1 aromatic rings. The van der Waals surface area contributed by atoms with Crippen molar-refractivity contribution < 1.29 is 9.53 Å². The Morgan fingerprint density at radius 3 is 2.91 bits per heavy atom. The lowest BCUT2D eigenvalue weighted by Gasteiger charge is -2.24. The average molecular weight is 345 g/mol. The van der Waals surface area contributed by atoms with Crippen molar-refractivity contribution in [3.63, 3.8) is 0 Å². The van der Waals surface area contributed by atoms with Gasteiger partial charge in [-0.05, 0) is 19.8 Å². The zero-order valence-electron chi connectivity index (χ0n) is 13.1. The third-order valence-electron chi connectivity index (χ3n) is 3.59. The van der Waals surface area contributed by atoms with Crippen molar-refractivity contribution in [2.75, 3.05) is 25.6 Å². The van der Waals surface area contributed by atoms with Crippen molar-refractivity contribution in [3.8, 4) is 0 Å². The predicted molar refractivity (Wildman–Crippen MR) is 90.6 cm³/mol. The minimum absolute atomic E-state index is 0.0981. The highest BCUT2D eigenvalue weighted by Crippen LogP contribution is 2.29. The fourth-order valence-corrected chi connectivity index (χ4v) is 4.29. The summed E-state index contributed by atoms with van der Waals surface area (Å²) >= 11 is 2.93. The standard InChI is InChI=1S/C14H24N4O2S2/c1-10(12(19)16-11-6-4-3-5-7-11)21-14-18-17-13(22-14)15-8-9-20-2/h10-11H,3-9H2,1-2H3,(H,15,17)(H,16,19). The van der Waals surface area contributed by atoms with E-state index < -0.39 is 0 Å². The van der Waals surface area contributed by atoms with Crippen LogP contribution < -0.4 is 10.6 Å². The third kappa shape index (κ3) is 5.73. The van der Waals surface area contributed by atoms with Gasteiger partial charge in [-0.2, -0.15) is 0 Å². The number of carbonyl (C=O) groups is 1. The monoisotopic (exact) mass is 344 g/mol. The molecule has 1 atom stereocenters. The molecule has 1 fully saturated rings. The minimum atomic E-state index is -0.151. The molecule has 1 saturated carbocycles. The van der Waals surface area contributed by atoms with Gasteiger partial charge in [0.05, 0.1) is 11.9 Å². The van der Waals surface area contributed by atoms with Crippen LogP contribution in [0.2, 0.25) is 0 Å². The smallest absolute Gasteiger partial charge is 0.233 e. The lowest BCUT2D eigenvalue weighted by Crippen LogP contribution is -2.40. The SMILES string of the molecule is COCCNc1nnc(SC(C)C(=O)NC2CCCCC2)s1. The second kappa shape index (κ2) is 9.32. The largest absolute Gasteiger partial charge is 0.383 e. The summed E-state index contributed by atoms with van der Waals surface area (Å²) < 4.78 is 5.79. The van der Waals surface area contributed by atoms with E-state index in [-0.39, 0.29) is 11.2 Å². The molecule has 0 radical (unpaired) electrons. The molecule has 8 heteroatoms. The average Bonchev–Trinajstić information content (AvgIpc) is 2.96. The van der Waals surface area contributed by atoms with Crippen molar-refractivity contribution in [1.82, 2.24) is 15.5 Å². The first-order valence-corrected chi connectivity index (χ1v) is 9.42. The van der Waals surface area contributed by atoms with Crippen molar-refractivity contribution in [2.24, 2.45) is 0 Å². The zero-order valence-corrected chi connectivity index (χ0v) is 14.8. The van der Waals surface area contributed by atoms with E-state index in [1.807, 2.05) is 6.92 Å². The predicted octanol–water partition coefficient (Wildman–Crippen LogP) is 2.53. The third-order valence-corrected chi connectivity index (χ3v) is 5.65. The molecule has 0 aromatic carbocycles. The van der Waals surface area contributed by atoms with E-state index in [0.717, 1.165) is 22.3 Å². The Morgan fingerprint density at radius 1 is 1.41 bits per heavy atom. The normalized spacial score (nSPS) is 17.2. The van der Waals surface area contributed by atoms with Gasteiger partial charge in [0.2, 0.25) is 11.0 Å². The van der Waals surface area contributed by atoms with Crippen molar-refractivity contribution >= 4 is 34.1 Å². The molecule has 0 aliphatic heterocycles. The molecule has 0 saturated heterocycles. The maximum Gasteiger partial charge on any atom is 0.233 e. The second-order valence-electron chi connectivity index (χ2n) is 5.40. The summed E-state index contributed by atoms with van der Waals surface area (Å²) in [6.45, 7) is 3.25. The number of nitrogens with zero attached hydrogens (tertiary/aromatic N) is 2. The Hall–Kier alpha value is -0.860. The molecule has 1 heterocycles. The fraction of sp³-hybridized carbons (Fsp3) is 0.786. The van der Waals surface area contributed by atoms with Crippen molar-refractivity contribution in [2.45, 2.75) is 54.7 Å². The number of carbonyl (C=O) groups excluding carboxylic acids is 1. The van der Waals surface area contributed by atoms with Gasteiger partial charge in [-0.1, -0.05) is 42.4 Å². The molecule has 124 valence electrons. The maximum absolute atomic E-state index is 12.2. The first-order valence-electron chi connectivity index (χ1n) is 7.72. The van der Waals surface area contributed by atoms with Crippen LogP contribution in [0.3, 0.4) is 0 Å². The Kier molecular flexibility index (Phi) is 7.41. The molecule has 2 rings (SSSR count). The molecular formula is C14H24N4O2S2. The van der Waals surface area contributed by atoms with Crippen LogP contribution in [0.5, 0.6) is 0 Å². The summed E-state index contributed by atoms with van der Waals surface area (Å²) in [7, 11) is 1.66. The molecule has 0 bridgehead atoms.